The van der Waals surface area contributed by atoms with Crippen molar-refractivity contribution >= 4 is 11.5 Å². The second-order valence-electron chi connectivity index (χ2n) is 4.61. The number of ether oxygens (including phenoxy) is 1. The number of aliphatic hydroxyl groups excluding tert-OH is 1. The average molecular weight is 268 g/mol. The zero-order valence-electron chi connectivity index (χ0n) is 10.6. The van der Waals surface area contributed by atoms with E-state index in [4.69, 9.17) is 4.74 Å². The van der Waals surface area contributed by atoms with Crippen molar-refractivity contribution in [2.24, 2.45) is 0 Å². The van der Waals surface area contributed by atoms with Crippen LogP contribution < -0.4 is 10.1 Å². The first kappa shape index (κ1) is 13.5. The highest BCUT2D eigenvalue weighted by molar-refractivity contribution is 5.62. The third kappa shape index (κ3) is 2.58. The summed E-state index contributed by atoms with van der Waals surface area (Å²) in [6, 6.07) is 0. The molecule has 1 fully saturated rings. The maximum atomic E-state index is 11.1. The molecule has 0 amide bonds. The molecule has 1 aromatic rings. The number of aromatic nitrogens is 2. The molecule has 1 aliphatic rings. The van der Waals surface area contributed by atoms with Gasteiger partial charge in [0.15, 0.2) is 0 Å². The molecule has 2 N–H and O–H groups in total. The third-order valence-electron chi connectivity index (χ3n) is 3.41. The van der Waals surface area contributed by atoms with Crippen LogP contribution in [0, 0.1) is 10.1 Å². The van der Waals surface area contributed by atoms with Gasteiger partial charge in [-0.15, -0.1) is 0 Å². The third-order valence-corrected chi connectivity index (χ3v) is 3.41. The summed E-state index contributed by atoms with van der Waals surface area (Å²) in [7, 11) is 1.32. The fourth-order valence-corrected chi connectivity index (χ4v) is 2.39. The van der Waals surface area contributed by atoms with E-state index in [2.05, 4.69) is 15.3 Å². The topological polar surface area (TPSA) is 110 Å². The fraction of sp³-hybridized carbons (Fsp3) is 0.636. The van der Waals surface area contributed by atoms with Crippen molar-refractivity contribution in [1.82, 2.24) is 9.97 Å². The lowest BCUT2D eigenvalue weighted by Crippen LogP contribution is -2.39. The highest BCUT2D eigenvalue weighted by atomic mass is 16.6. The lowest BCUT2D eigenvalue weighted by molar-refractivity contribution is -0.385. The molecule has 2 rings (SSSR count). The van der Waals surface area contributed by atoms with Gasteiger partial charge in [0.05, 0.1) is 24.2 Å². The maximum absolute atomic E-state index is 11.1. The Balaban J connectivity index is 2.36. The number of rotatable bonds is 5. The van der Waals surface area contributed by atoms with Crippen molar-refractivity contribution in [2.45, 2.75) is 31.2 Å². The number of nitrogens with zero attached hydrogens (tertiary/aromatic N) is 3. The van der Waals surface area contributed by atoms with E-state index < -0.39 is 10.5 Å². The summed E-state index contributed by atoms with van der Waals surface area (Å²) in [5.41, 5.74) is -0.839. The molecule has 1 saturated carbocycles. The Kier molecular flexibility index (Phi) is 3.79. The molecule has 1 aliphatic carbocycles. The molecular formula is C11H16N4O4. The van der Waals surface area contributed by atoms with Crippen molar-refractivity contribution in [1.29, 1.82) is 0 Å². The molecule has 0 bridgehead atoms. The van der Waals surface area contributed by atoms with Crippen LogP contribution in [0.15, 0.2) is 6.33 Å². The zero-order chi connectivity index (χ0) is 13.9. The van der Waals surface area contributed by atoms with Crippen molar-refractivity contribution in [3.63, 3.8) is 0 Å². The van der Waals surface area contributed by atoms with Crippen molar-refractivity contribution in [3.8, 4) is 5.88 Å². The predicted octanol–water partition coefficient (Wildman–Crippen LogP) is 1.11. The monoisotopic (exact) mass is 268 g/mol. The van der Waals surface area contributed by atoms with Crippen LogP contribution in [0.3, 0.4) is 0 Å². The number of hydrogen-bond acceptors (Lipinski definition) is 7. The highest BCUT2D eigenvalue weighted by Crippen LogP contribution is 2.37. The second kappa shape index (κ2) is 5.35. The Labute approximate surface area is 110 Å². The van der Waals surface area contributed by atoms with Crippen LogP contribution in [0.4, 0.5) is 11.5 Å². The standard InChI is InChI=1S/C11H16N4O4/c1-19-10-8(15(17)18)9(12-7-13-10)14-11(6-16)4-2-3-5-11/h7,16H,2-6H2,1H3,(H,12,13,14). The van der Waals surface area contributed by atoms with E-state index >= 15 is 0 Å². The number of hydrogen-bond donors (Lipinski definition) is 2. The first-order chi connectivity index (χ1) is 9.12. The van der Waals surface area contributed by atoms with E-state index in [-0.39, 0.29) is 24.0 Å². The summed E-state index contributed by atoms with van der Waals surface area (Å²) in [4.78, 5) is 18.2. The Morgan fingerprint density at radius 2 is 2.21 bits per heavy atom. The van der Waals surface area contributed by atoms with E-state index in [0.29, 0.717) is 0 Å². The van der Waals surface area contributed by atoms with E-state index in [1.807, 2.05) is 0 Å². The molecule has 0 aliphatic heterocycles. The SMILES string of the molecule is COc1ncnc(NC2(CO)CCCC2)c1[N+](=O)[O-]. The molecule has 0 aromatic carbocycles. The van der Waals surface area contributed by atoms with E-state index in [1.54, 1.807) is 0 Å². The van der Waals surface area contributed by atoms with Gasteiger partial charge in [-0.05, 0) is 12.8 Å². The highest BCUT2D eigenvalue weighted by Gasteiger charge is 2.36. The van der Waals surface area contributed by atoms with Gasteiger partial charge in [0.1, 0.15) is 6.33 Å². The summed E-state index contributed by atoms with van der Waals surface area (Å²) < 4.78 is 4.88. The maximum Gasteiger partial charge on any atom is 0.372 e. The minimum Gasteiger partial charge on any atom is -0.476 e. The molecule has 1 heterocycles. The Hall–Kier alpha value is -1.96. The van der Waals surface area contributed by atoms with Gasteiger partial charge in [-0.25, -0.2) is 4.98 Å². The molecule has 0 radical (unpaired) electrons. The van der Waals surface area contributed by atoms with Gasteiger partial charge < -0.3 is 15.2 Å². The molecule has 104 valence electrons. The van der Waals surface area contributed by atoms with Gasteiger partial charge in [-0.1, -0.05) is 12.8 Å². The fourth-order valence-electron chi connectivity index (χ4n) is 2.39. The van der Waals surface area contributed by atoms with Crippen molar-refractivity contribution in [2.75, 3.05) is 19.0 Å². The van der Waals surface area contributed by atoms with Crippen LogP contribution in [-0.2, 0) is 0 Å². The van der Waals surface area contributed by atoms with Crippen LogP contribution in [0.1, 0.15) is 25.7 Å². The van der Waals surface area contributed by atoms with Crippen molar-refractivity contribution in [3.05, 3.63) is 16.4 Å². The first-order valence-electron chi connectivity index (χ1n) is 6.04. The first-order valence-corrected chi connectivity index (χ1v) is 6.04. The Morgan fingerprint density at radius 1 is 1.53 bits per heavy atom. The number of methoxy groups -OCH3 is 1. The average Bonchev–Trinajstić information content (AvgIpc) is 2.87. The lowest BCUT2D eigenvalue weighted by Gasteiger charge is -2.28. The van der Waals surface area contributed by atoms with E-state index in [9.17, 15) is 15.2 Å². The smallest absolute Gasteiger partial charge is 0.372 e. The minimum absolute atomic E-state index is 0.0868. The number of anilines is 1. The molecule has 0 saturated heterocycles. The van der Waals surface area contributed by atoms with Crippen LogP contribution in [0.5, 0.6) is 5.88 Å². The van der Waals surface area contributed by atoms with Crippen molar-refractivity contribution < 1.29 is 14.8 Å². The van der Waals surface area contributed by atoms with E-state index in [0.717, 1.165) is 25.7 Å². The van der Waals surface area contributed by atoms with Gasteiger partial charge in [-0.3, -0.25) is 10.1 Å². The van der Waals surface area contributed by atoms with Crippen LogP contribution in [0.2, 0.25) is 0 Å². The van der Waals surface area contributed by atoms with Gasteiger partial charge in [0, 0.05) is 0 Å². The number of nitro groups is 1. The van der Waals surface area contributed by atoms with Gasteiger partial charge in [0.2, 0.25) is 5.82 Å². The molecule has 8 nitrogen and oxygen atoms in total. The molecule has 1 aromatic heterocycles. The summed E-state index contributed by atoms with van der Waals surface area (Å²) >= 11 is 0. The number of nitrogens with one attached hydrogen (secondary N) is 1. The summed E-state index contributed by atoms with van der Waals surface area (Å²) in [5, 5.41) is 23.6. The number of aliphatic hydroxyl groups is 1. The molecule has 0 spiro atoms. The molecule has 0 unspecified atom stereocenters. The van der Waals surface area contributed by atoms with Crippen LogP contribution >= 0.6 is 0 Å². The Bertz CT molecular complexity index is 474. The Morgan fingerprint density at radius 3 is 2.74 bits per heavy atom. The summed E-state index contributed by atoms with van der Waals surface area (Å²) in [6.45, 7) is -0.0868. The molecular weight excluding hydrogens is 252 g/mol. The normalized spacial score (nSPS) is 17.2. The largest absolute Gasteiger partial charge is 0.476 e. The minimum atomic E-state index is -0.582. The zero-order valence-corrected chi connectivity index (χ0v) is 10.6. The second-order valence-corrected chi connectivity index (χ2v) is 4.61. The van der Waals surface area contributed by atoms with Gasteiger partial charge >= 0.3 is 5.69 Å². The molecule has 8 heteroatoms. The molecule has 19 heavy (non-hydrogen) atoms. The summed E-state index contributed by atoms with van der Waals surface area (Å²) in [5.74, 6) is 0.00128. The predicted molar refractivity (Wildman–Crippen MR) is 67.1 cm³/mol. The van der Waals surface area contributed by atoms with Gasteiger partial charge in [0.25, 0.3) is 5.88 Å². The van der Waals surface area contributed by atoms with E-state index in [1.165, 1.54) is 13.4 Å². The quantitative estimate of drug-likeness (QED) is 0.607. The molecule has 0 atom stereocenters. The van der Waals surface area contributed by atoms with Crippen LogP contribution in [-0.4, -0.2) is 39.3 Å². The summed E-state index contributed by atoms with van der Waals surface area (Å²) in [6.07, 6.45) is 4.67. The van der Waals surface area contributed by atoms with Crippen LogP contribution in [0.25, 0.3) is 0 Å². The van der Waals surface area contributed by atoms with Gasteiger partial charge in [-0.2, -0.15) is 4.98 Å². The lowest BCUT2D eigenvalue weighted by atomic mass is 9.99.